The van der Waals surface area contributed by atoms with Gasteiger partial charge < -0.3 is 0 Å². The van der Waals surface area contributed by atoms with Crippen molar-refractivity contribution in [3.63, 3.8) is 0 Å². The third-order valence-corrected chi connectivity index (χ3v) is 7.00. The first-order chi connectivity index (χ1) is 12.2. The van der Waals surface area contributed by atoms with Crippen LogP contribution in [0.25, 0.3) is 0 Å². The summed E-state index contributed by atoms with van der Waals surface area (Å²) in [7, 11) is 0. The van der Waals surface area contributed by atoms with Crippen molar-refractivity contribution in [1.29, 1.82) is 0 Å². The van der Waals surface area contributed by atoms with Crippen LogP contribution in [0.3, 0.4) is 0 Å². The Kier molecular flexibility index (Phi) is 7.25. The number of rotatable bonds is 5. The van der Waals surface area contributed by atoms with Crippen molar-refractivity contribution < 1.29 is 4.39 Å². The fourth-order valence-corrected chi connectivity index (χ4v) is 5.25. The SMILES string of the molecule is Fc1cc(CC[C@H]2CC[C@H]([C@H]3CC[C@H](/C=C/Cl)CC3)CC2)ccc1Cl. The molecule has 0 heterocycles. The number of allylic oxidation sites excluding steroid dienone is 1. The van der Waals surface area contributed by atoms with Crippen LogP contribution in [-0.2, 0) is 6.42 Å². The standard InChI is InChI=1S/C22H29Cl2F/c23-14-13-17-5-10-20(11-6-17)19-8-3-16(4-9-19)1-2-18-7-12-21(24)22(25)15-18/h7,12-17,19-20H,1-6,8-11H2/b14-13+/t16-,17-,19-,20-. The van der Waals surface area contributed by atoms with Gasteiger partial charge in [-0.2, -0.15) is 0 Å². The van der Waals surface area contributed by atoms with E-state index in [9.17, 15) is 4.39 Å². The van der Waals surface area contributed by atoms with Crippen molar-refractivity contribution in [1.82, 2.24) is 0 Å². The minimum atomic E-state index is -0.289. The second-order valence-electron chi connectivity index (χ2n) is 8.06. The van der Waals surface area contributed by atoms with E-state index in [2.05, 4.69) is 6.08 Å². The summed E-state index contributed by atoms with van der Waals surface area (Å²) in [5, 5.41) is 0.223. The maximum Gasteiger partial charge on any atom is 0.142 e. The van der Waals surface area contributed by atoms with Crippen LogP contribution in [0, 0.1) is 29.5 Å². The zero-order valence-electron chi connectivity index (χ0n) is 14.9. The molecule has 138 valence electrons. The third kappa shape index (κ3) is 5.47. The molecule has 0 radical (unpaired) electrons. The maximum absolute atomic E-state index is 13.5. The molecule has 0 atom stereocenters. The topological polar surface area (TPSA) is 0 Å². The van der Waals surface area contributed by atoms with Gasteiger partial charge in [-0.15, -0.1) is 0 Å². The summed E-state index contributed by atoms with van der Waals surface area (Å²) >= 11 is 11.5. The van der Waals surface area contributed by atoms with Gasteiger partial charge >= 0.3 is 0 Å². The molecule has 0 unspecified atom stereocenters. The largest absolute Gasteiger partial charge is 0.205 e. The van der Waals surface area contributed by atoms with Crippen molar-refractivity contribution in [3.05, 3.63) is 46.2 Å². The quantitative estimate of drug-likeness (QED) is 0.487. The van der Waals surface area contributed by atoms with Crippen LogP contribution in [-0.4, -0.2) is 0 Å². The third-order valence-electron chi connectivity index (χ3n) is 6.54. The van der Waals surface area contributed by atoms with Crippen LogP contribution in [0.2, 0.25) is 5.02 Å². The van der Waals surface area contributed by atoms with Gasteiger partial charge in [0.2, 0.25) is 0 Å². The Balaban J connectivity index is 1.39. The van der Waals surface area contributed by atoms with E-state index in [1.54, 1.807) is 17.7 Å². The molecule has 0 saturated heterocycles. The van der Waals surface area contributed by atoms with E-state index in [1.807, 2.05) is 6.07 Å². The Morgan fingerprint density at radius 1 is 0.960 bits per heavy atom. The van der Waals surface area contributed by atoms with E-state index in [1.165, 1.54) is 57.8 Å². The van der Waals surface area contributed by atoms with E-state index in [4.69, 9.17) is 23.2 Å². The predicted molar refractivity (Wildman–Crippen MR) is 106 cm³/mol. The van der Waals surface area contributed by atoms with Crippen molar-refractivity contribution in [2.24, 2.45) is 23.7 Å². The lowest BCUT2D eigenvalue weighted by atomic mass is 9.68. The fraction of sp³-hybridized carbons (Fsp3) is 0.636. The Morgan fingerprint density at radius 3 is 2.20 bits per heavy atom. The summed E-state index contributed by atoms with van der Waals surface area (Å²) in [6.45, 7) is 0. The Bertz CT molecular complexity index is 567. The monoisotopic (exact) mass is 382 g/mol. The molecular weight excluding hydrogens is 354 g/mol. The Morgan fingerprint density at radius 2 is 1.60 bits per heavy atom. The highest BCUT2D eigenvalue weighted by molar-refractivity contribution is 6.30. The molecular formula is C22H29Cl2F. The molecule has 2 fully saturated rings. The average Bonchev–Trinajstić information content (AvgIpc) is 2.64. The Labute approximate surface area is 161 Å². The maximum atomic E-state index is 13.5. The predicted octanol–water partition coefficient (Wildman–Crippen LogP) is 7.78. The summed E-state index contributed by atoms with van der Waals surface area (Å²) in [5.74, 6) is 3.11. The van der Waals surface area contributed by atoms with Gasteiger partial charge in [0.25, 0.3) is 0 Å². The summed E-state index contributed by atoms with van der Waals surface area (Å²) < 4.78 is 13.5. The second kappa shape index (κ2) is 9.42. The van der Waals surface area contributed by atoms with Crippen LogP contribution in [0.1, 0.15) is 63.4 Å². The molecule has 1 aromatic carbocycles. The minimum Gasteiger partial charge on any atom is -0.205 e. The van der Waals surface area contributed by atoms with Gasteiger partial charge in [0, 0.05) is 5.54 Å². The van der Waals surface area contributed by atoms with Gasteiger partial charge in [-0.1, -0.05) is 48.2 Å². The highest BCUT2D eigenvalue weighted by atomic mass is 35.5. The molecule has 0 nitrogen and oxygen atoms in total. The smallest absolute Gasteiger partial charge is 0.142 e. The lowest BCUT2D eigenvalue weighted by molar-refractivity contribution is 0.153. The molecule has 3 heteroatoms. The lowest BCUT2D eigenvalue weighted by Crippen LogP contribution is -2.25. The van der Waals surface area contributed by atoms with Crippen LogP contribution in [0.5, 0.6) is 0 Å². The number of aryl methyl sites for hydroxylation is 1. The second-order valence-corrected chi connectivity index (χ2v) is 8.72. The molecule has 3 rings (SSSR count). The molecule has 1 aromatic rings. The molecule has 0 aliphatic heterocycles. The number of halogens is 3. The molecule has 0 bridgehead atoms. The summed E-state index contributed by atoms with van der Waals surface area (Å²) in [6.07, 6.45) is 15.2. The van der Waals surface area contributed by atoms with Gasteiger partial charge in [-0.25, -0.2) is 4.39 Å². The van der Waals surface area contributed by atoms with Crippen molar-refractivity contribution in [2.45, 2.75) is 64.2 Å². The van der Waals surface area contributed by atoms with Gasteiger partial charge in [-0.3, -0.25) is 0 Å². The van der Waals surface area contributed by atoms with E-state index in [0.29, 0.717) is 5.92 Å². The molecule has 2 aliphatic rings. The van der Waals surface area contributed by atoms with Crippen molar-refractivity contribution >= 4 is 23.2 Å². The van der Waals surface area contributed by atoms with Gasteiger partial charge in [0.1, 0.15) is 5.82 Å². The first-order valence-corrected chi connectivity index (χ1v) is 10.7. The van der Waals surface area contributed by atoms with Gasteiger partial charge in [0.15, 0.2) is 0 Å². The van der Waals surface area contributed by atoms with E-state index in [0.717, 1.165) is 29.7 Å². The van der Waals surface area contributed by atoms with Crippen LogP contribution >= 0.6 is 23.2 Å². The summed E-state index contributed by atoms with van der Waals surface area (Å²) in [6, 6.07) is 5.24. The minimum absolute atomic E-state index is 0.223. The van der Waals surface area contributed by atoms with Gasteiger partial charge in [-0.05, 0) is 92.7 Å². The van der Waals surface area contributed by atoms with Crippen molar-refractivity contribution in [3.8, 4) is 0 Å². The van der Waals surface area contributed by atoms with Crippen LogP contribution in [0.4, 0.5) is 4.39 Å². The molecule has 0 aromatic heterocycles. The summed E-state index contributed by atoms with van der Waals surface area (Å²) in [5.41, 5.74) is 2.78. The molecule has 2 aliphatic carbocycles. The number of benzene rings is 1. The van der Waals surface area contributed by atoms with Crippen LogP contribution in [0.15, 0.2) is 29.8 Å². The number of hydrogen-bond acceptors (Lipinski definition) is 0. The molecule has 2 saturated carbocycles. The van der Waals surface area contributed by atoms with Crippen molar-refractivity contribution in [2.75, 3.05) is 0 Å². The summed E-state index contributed by atoms with van der Waals surface area (Å²) in [4.78, 5) is 0. The average molecular weight is 383 g/mol. The number of hydrogen-bond donors (Lipinski definition) is 0. The zero-order chi connectivity index (χ0) is 17.6. The molecule has 25 heavy (non-hydrogen) atoms. The highest BCUT2D eigenvalue weighted by Crippen LogP contribution is 2.42. The lowest BCUT2D eigenvalue weighted by Gasteiger charge is -2.37. The molecule has 0 amide bonds. The fourth-order valence-electron chi connectivity index (χ4n) is 4.93. The Hall–Kier alpha value is -0.530. The zero-order valence-corrected chi connectivity index (χ0v) is 16.4. The first-order valence-electron chi connectivity index (χ1n) is 9.86. The highest BCUT2D eigenvalue weighted by Gasteiger charge is 2.30. The van der Waals surface area contributed by atoms with E-state index in [-0.39, 0.29) is 10.8 Å². The van der Waals surface area contributed by atoms with Crippen LogP contribution < -0.4 is 0 Å². The van der Waals surface area contributed by atoms with Gasteiger partial charge in [0.05, 0.1) is 5.02 Å². The molecule has 0 spiro atoms. The molecule has 0 N–H and O–H groups in total. The van der Waals surface area contributed by atoms with E-state index < -0.39 is 0 Å². The first kappa shape index (κ1) is 19.2. The normalized spacial score (nSPS) is 30.7. The van der Waals surface area contributed by atoms with E-state index >= 15 is 0 Å².